The molecule has 0 unspecified atom stereocenters. The molecule has 3 aromatic rings. The molecule has 0 bridgehead atoms. The van der Waals surface area contributed by atoms with E-state index in [4.69, 9.17) is 9.47 Å². The van der Waals surface area contributed by atoms with Gasteiger partial charge in [0.2, 0.25) is 11.8 Å². The van der Waals surface area contributed by atoms with Crippen LogP contribution in [0.4, 0.5) is 0 Å². The number of fused-ring (bicyclic) bond motifs is 1. The number of aromatic nitrogens is 1. The fraction of sp³-hybridized carbons (Fsp3) is 0.448. The highest BCUT2D eigenvalue weighted by molar-refractivity contribution is 5.85. The third-order valence-corrected chi connectivity index (χ3v) is 6.14. The molecule has 0 atom stereocenters. The molecule has 36 heavy (non-hydrogen) atoms. The van der Waals surface area contributed by atoms with E-state index in [1.54, 1.807) is 19.1 Å². The highest BCUT2D eigenvalue weighted by Gasteiger charge is 2.25. The van der Waals surface area contributed by atoms with Crippen molar-refractivity contribution in [3.8, 4) is 5.75 Å². The lowest BCUT2D eigenvalue weighted by molar-refractivity contribution is -0.142. The first-order valence-corrected chi connectivity index (χ1v) is 12.4. The summed E-state index contributed by atoms with van der Waals surface area (Å²) in [5.41, 5.74) is 3.09. The summed E-state index contributed by atoms with van der Waals surface area (Å²) in [7, 11) is 3.24. The first kappa shape index (κ1) is 27.3. The number of hydrogen-bond acceptors (Lipinski definition) is 4. The molecular weight excluding hydrogens is 454 g/mol. The molecule has 7 nitrogen and oxygen atoms in total. The number of ether oxygens (including phenoxy) is 2. The van der Waals surface area contributed by atoms with Gasteiger partial charge >= 0.3 is 0 Å². The number of aromatic amines is 1. The third kappa shape index (κ3) is 7.85. The Morgan fingerprint density at radius 1 is 0.917 bits per heavy atom. The fourth-order valence-corrected chi connectivity index (χ4v) is 4.16. The number of benzene rings is 2. The third-order valence-electron chi connectivity index (χ3n) is 6.14. The lowest BCUT2D eigenvalue weighted by Gasteiger charge is -2.29. The molecule has 7 heteroatoms. The van der Waals surface area contributed by atoms with E-state index in [9.17, 15) is 9.59 Å². The molecule has 0 spiro atoms. The van der Waals surface area contributed by atoms with Gasteiger partial charge in [0.1, 0.15) is 5.75 Å². The summed E-state index contributed by atoms with van der Waals surface area (Å²) in [4.78, 5) is 33.4. The molecule has 0 saturated carbocycles. The minimum Gasteiger partial charge on any atom is -0.497 e. The van der Waals surface area contributed by atoms with E-state index in [0.717, 1.165) is 27.8 Å². The van der Waals surface area contributed by atoms with Gasteiger partial charge < -0.3 is 24.3 Å². The molecule has 2 aromatic carbocycles. The van der Waals surface area contributed by atoms with Gasteiger partial charge in [-0.1, -0.05) is 51.1 Å². The number of hydrogen-bond donors (Lipinski definition) is 1. The van der Waals surface area contributed by atoms with Crippen LogP contribution in [0.2, 0.25) is 0 Å². The summed E-state index contributed by atoms with van der Waals surface area (Å²) in [6.45, 7) is 7.87. The Morgan fingerprint density at radius 2 is 1.64 bits per heavy atom. The molecule has 0 aliphatic heterocycles. The fourth-order valence-electron chi connectivity index (χ4n) is 4.16. The zero-order valence-electron chi connectivity index (χ0n) is 22.2. The van der Waals surface area contributed by atoms with E-state index in [1.165, 1.54) is 0 Å². The highest BCUT2D eigenvalue weighted by atomic mass is 16.5. The predicted octanol–water partition coefficient (Wildman–Crippen LogP) is 4.66. The van der Waals surface area contributed by atoms with Crippen molar-refractivity contribution in [3.05, 3.63) is 65.9 Å². The van der Waals surface area contributed by atoms with Gasteiger partial charge in [0, 0.05) is 50.3 Å². The number of amides is 2. The molecule has 3 rings (SSSR count). The highest BCUT2D eigenvalue weighted by Crippen LogP contribution is 2.21. The summed E-state index contributed by atoms with van der Waals surface area (Å²) in [5.74, 6) is 0.659. The van der Waals surface area contributed by atoms with Crippen molar-refractivity contribution < 1.29 is 19.1 Å². The van der Waals surface area contributed by atoms with Crippen molar-refractivity contribution in [1.29, 1.82) is 0 Å². The molecule has 2 amide bonds. The van der Waals surface area contributed by atoms with E-state index in [1.807, 2.05) is 74.3 Å². The number of para-hydroxylation sites is 1. The van der Waals surface area contributed by atoms with Gasteiger partial charge in [-0.25, -0.2) is 0 Å². The van der Waals surface area contributed by atoms with Gasteiger partial charge in [-0.15, -0.1) is 0 Å². The van der Waals surface area contributed by atoms with Crippen molar-refractivity contribution in [2.75, 3.05) is 40.5 Å². The van der Waals surface area contributed by atoms with E-state index >= 15 is 0 Å². The molecule has 0 fully saturated rings. The molecule has 0 aliphatic carbocycles. The van der Waals surface area contributed by atoms with Crippen LogP contribution in [-0.4, -0.2) is 67.1 Å². The summed E-state index contributed by atoms with van der Waals surface area (Å²) in [6.07, 6.45) is 3.09. The van der Waals surface area contributed by atoms with E-state index in [2.05, 4.69) is 11.1 Å². The summed E-state index contributed by atoms with van der Waals surface area (Å²) in [6, 6.07) is 15.9. The van der Waals surface area contributed by atoms with E-state index < -0.39 is 0 Å². The lowest BCUT2D eigenvalue weighted by atomic mass is 9.91. The monoisotopic (exact) mass is 493 g/mol. The molecular formula is C29H39N3O4. The van der Waals surface area contributed by atoms with Gasteiger partial charge in [-0.2, -0.15) is 0 Å². The maximum atomic E-state index is 13.6. The number of H-pyrrole nitrogens is 1. The summed E-state index contributed by atoms with van der Waals surface area (Å²) < 4.78 is 10.5. The van der Waals surface area contributed by atoms with Crippen molar-refractivity contribution in [1.82, 2.24) is 14.8 Å². The van der Waals surface area contributed by atoms with Gasteiger partial charge in [0.05, 0.1) is 20.3 Å². The molecule has 0 aliphatic rings. The van der Waals surface area contributed by atoms with Crippen molar-refractivity contribution in [2.45, 2.75) is 40.2 Å². The number of carbonyl (C=O) groups is 2. The summed E-state index contributed by atoms with van der Waals surface area (Å²) in [5, 5.41) is 1.16. The lowest BCUT2D eigenvalue weighted by Crippen LogP contribution is -2.45. The minimum absolute atomic E-state index is 0.0301. The number of carbonyl (C=O) groups excluding carboxylic acids is 2. The average Bonchev–Trinajstić information content (AvgIpc) is 3.26. The molecule has 1 aromatic heterocycles. The molecule has 0 saturated heterocycles. The first-order chi connectivity index (χ1) is 17.2. The molecule has 1 N–H and O–H groups in total. The number of rotatable bonds is 12. The molecule has 1 heterocycles. The molecule has 0 radical (unpaired) electrons. The smallest absolute Gasteiger partial charge is 0.242 e. The van der Waals surface area contributed by atoms with Gasteiger partial charge in [0.25, 0.3) is 0 Å². The zero-order chi connectivity index (χ0) is 26.1. The van der Waals surface area contributed by atoms with Crippen molar-refractivity contribution >= 4 is 22.7 Å². The SMILES string of the molecule is COCCN(CC(=O)N(CCc1c[nH]c2ccccc12)Cc1ccc(OC)cc1)C(=O)CC(C)(C)C. The Bertz CT molecular complexity index is 1130. The van der Waals surface area contributed by atoms with Crippen LogP contribution in [0, 0.1) is 5.41 Å². The Labute approximate surface area is 214 Å². The second kappa shape index (κ2) is 12.6. The number of nitrogens with zero attached hydrogens (tertiary/aromatic N) is 2. The van der Waals surface area contributed by atoms with Crippen molar-refractivity contribution in [2.24, 2.45) is 5.41 Å². The Morgan fingerprint density at radius 3 is 2.31 bits per heavy atom. The van der Waals surface area contributed by atoms with Crippen LogP contribution in [0.5, 0.6) is 5.75 Å². The number of methoxy groups -OCH3 is 2. The van der Waals surface area contributed by atoms with Gasteiger partial charge in [-0.05, 0) is 41.2 Å². The van der Waals surface area contributed by atoms with Crippen molar-refractivity contribution in [3.63, 3.8) is 0 Å². The van der Waals surface area contributed by atoms with E-state index in [0.29, 0.717) is 39.1 Å². The minimum atomic E-state index is -0.163. The van der Waals surface area contributed by atoms with Crippen LogP contribution >= 0.6 is 0 Å². The number of nitrogens with one attached hydrogen (secondary N) is 1. The maximum Gasteiger partial charge on any atom is 0.242 e. The van der Waals surface area contributed by atoms with Gasteiger partial charge in [0.15, 0.2) is 0 Å². The summed E-state index contributed by atoms with van der Waals surface area (Å²) >= 11 is 0. The Balaban J connectivity index is 1.78. The second-order valence-electron chi connectivity index (χ2n) is 10.3. The first-order valence-electron chi connectivity index (χ1n) is 12.4. The van der Waals surface area contributed by atoms with Crippen LogP contribution in [0.25, 0.3) is 10.9 Å². The quantitative estimate of drug-likeness (QED) is 0.398. The normalized spacial score (nSPS) is 11.5. The van der Waals surface area contributed by atoms with Crippen LogP contribution < -0.4 is 4.74 Å². The van der Waals surface area contributed by atoms with Crippen LogP contribution in [0.15, 0.2) is 54.7 Å². The molecule has 194 valence electrons. The Kier molecular flexibility index (Phi) is 9.53. The topological polar surface area (TPSA) is 74.9 Å². The predicted molar refractivity (Wildman–Crippen MR) is 143 cm³/mol. The largest absolute Gasteiger partial charge is 0.497 e. The second-order valence-corrected chi connectivity index (χ2v) is 10.3. The zero-order valence-corrected chi connectivity index (χ0v) is 22.2. The standard InChI is InChI=1S/C29H39N3O4/c1-29(2,3)18-27(33)32(16-17-35-4)21-28(34)31(20-22-10-12-24(36-5)13-11-22)15-14-23-19-30-26-9-7-6-8-25(23)26/h6-13,19,30H,14-18,20-21H2,1-5H3. The average molecular weight is 494 g/mol. The van der Waals surface area contributed by atoms with Crippen LogP contribution in [0.3, 0.4) is 0 Å². The van der Waals surface area contributed by atoms with Gasteiger partial charge in [-0.3, -0.25) is 9.59 Å². The Hall–Kier alpha value is -3.32. The maximum absolute atomic E-state index is 13.6. The van der Waals surface area contributed by atoms with Crippen LogP contribution in [-0.2, 0) is 27.3 Å². The van der Waals surface area contributed by atoms with E-state index in [-0.39, 0.29) is 23.8 Å². The van der Waals surface area contributed by atoms with Crippen LogP contribution in [0.1, 0.15) is 38.3 Å².